The quantitative estimate of drug-likeness (QED) is 0.347. The third-order valence-electron chi connectivity index (χ3n) is 6.05. The van der Waals surface area contributed by atoms with Gasteiger partial charge in [0, 0.05) is 47.6 Å². The topological polar surface area (TPSA) is 108 Å². The van der Waals surface area contributed by atoms with Crippen molar-refractivity contribution >= 4 is 38.9 Å². The van der Waals surface area contributed by atoms with Crippen molar-refractivity contribution in [2.75, 3.05) is 24.6 Å². The van der Waals surface area contributed by atoms with Crippen molar-refractivity contribution in [2.45, 2.75) is 26.2 Å². The SMILES string of the molecule is CCc1c(C(=O)NN2CCS(=O)(=O)CC2)nn(-c2ccc(Cl)cc2Cl)c1-c1ccc(C#CCCC#N)cc1. The van der Waals surface area contributed by atoms with Crippen LogP contribution in [0.5, 0.6) is 0 Å². The molecule has 1 aliphatic rings. The maximum absolute atomic E-state index is 13.4. The van der Waals surface area contributed by atoms with Gasteiger partial charge in [-0.3, -0.25) is 10.2 Å². The molecule has 0 saturated carbocycles. The summed E-state index contributed by atoms with van der Waals surface area (Å²) in [4.78, 5) is 13.4. The van der Waals surface area contributed by atoms with Crippen molar-refractivity contribution < 1.29 is 13.2 Å². The number of nitrogens with zero attached hydrogens (tertiary/aromatic N) is 4. The Kier molecular flexibility index (Phi) is 8.76. The summed E-state index contributed by atoms with van der Waals surface area (Å²) in [7, 11) is -3.09. The lowest BCUT2D eigenvalue weighted by atomic mass is 10.0. The first kappa shape index (κ1) is 27.7. The van der Waals surface area contributed by atoms with Gasteiger partial charge >= 0.3 is 0 Å². The molecule has 1 aliphatic heterocycles. The van der Waals surface area contributed by atoms with Crippen LogP contribution in [0.2, 0.25) is 10.0 Å². The fourth-order valence-corrected chi connectivity index (χ4v) is 5.80. The van der Waals surface area contributed by atoms with Gasteiger partial charge in [-0.2, -0.15) is 10.4 Å². The summed E-state index contributed by atoms with van der Waals surface area (Å²) >= 11 is 12.7. The zero-order chi connectivity index (χ0) is 27.3. The van der Waals surface area contributed by atoms with Gasteiger partial charge in [-0.25, -0.2) is 18.1 Å². The number of nitrogens with one attached hydrogen (secondary N) is 1. The van der Waals surface area contributed by atoms with Crippen LogP contribution >= 0.6 is 23.2 Å². The Bertz CT molecular complexity index is 1550. The van der Waals surface area contributed by atoms with Crippen LogP contribution in [0.3, 0.4) is 0 Å². The van der Waals surface area contributed by atoms with Gasteiger partial charge in [0.1, 0.15) is 0 Å². The molecule has 2 heterocycles. The number of carbonyl (C=O) groups excluding carboxylic acids is 1. The number of halogens is 2. The van der Waals surface area contributed by atoms with E-state index in [-0.39, 0.29) is 30.3 Å². The number of unbranched alkanes of at least 4 members (excludes halogenated alkanes) is 1. The molecule has 8 nitrogen and oxygen atoms in total. The highest BCUT2D eigenvalue weighted by Gasteiger charge is 2.28. The van der Waals surface area contributed by atoms with E-state index in [1.165, 1.54) is 0 Å². The van der Waals surface area contributed by atoms with Gasteiger partial charge in [0.25, 0.3) is 5.91 Å². The predicted molar refractivity (Wildman–Crippen MR) is 148 cm³/mol. The van der Waals surface area contributed by atoms with Crippen LogP contribution in [0.4, 0.5) is 0 Å². The highest BCUT2D eigenvalue weighted by molar-refractivity contribution is 7.91. The first-order chi connectivity index (χ1) is 18.2. The number of carbonyl (C=O) groups is 1. The van der Waals surface area contributed by atoms with Gasteiger partial charge in [-0.1, -0.05) is 54.1 Å². The molecule has 1 fully saturated rings. The lowest BCUT2D eigenvalue weighted by Crippen LogP contribution is -2.50. The van der Waals surface area contributed by atoms with Gasteiger partial charge in [0.15, 0.2) is 15.5 Å². The lowest BCUT2D eigenvalue weighted by Gasteiger charge is -2.26. The molecule has 0 bridgehead atoms. The van der Waals surface area contributed by atoms with Crippen molar-refractivity contribution in [2.24, 2.45) is 0 Å². The van der Waals surface area contributed by atoms with E-state index in [1.807, 2.05) is 31.2 Å². The van der Waals surface area contributed by atoms with E-state index in [4.69, 9.17) is 28.5 Å². The smallest absolute Gasteiger partial charge is 0.283 e. The number of amides is 1. The van der Waals surface area contributed by atoms with Gasteiger partial charge in [-0.05, 0) is 36.8 Å². The van der Waals surface area contributed by atoms with Crippen molar-refractivity contribution in [1.29, 1.82) is 5.26 Å². The van der Waals surface area contributed by atoms with Crippen LogP contribution in [0.15, 0.2) is 42.5 Å². The molecule has 0 unspecified atom stereocenters. The molecule has 1 amide bonds. The van der Waals surface area contributed by atoms with E-state index in [0.29, 0.717) is 46.3 Å². The first-order valence-corrected chi connectivity index (χ1v) is 14.6. The Hall–Kier alpha value is -3.34. The molecule has 38 heavy (non-hydrogen) atoms. The Labute approximate surface area is 232 Å². The van der Waals surface area contributed by atoms with Gasteiger partial charge in [0.05, 0.1) is 34.0 Å². The number of benzene rings is 2. The molecule has 3 aromatic rings. The third kappa shape index (κ3) is 6.38. The van der Waals surface area contributed by atoms with E-state index in [1.54, 1.807) is 27.9 Å². The molecule has 4 rings (SSSR count). The van der Waals surface area contributed by atoms with Gasteiger partial charge in [0.2, 0.25) is 0 Å². The number of sulfone groups is 1. The fourth-order valence-electron chi connectivity index (χ4n) is 4.11. The summed E-state index contributed by atoms with van der Waals surface area (Å²) < 4.78 is 25.2. The Morgan fingerprint density at radius 3 is 2.45 bits per heavy atom. The van der Waals surface area contributed by atoms with E-state index in [0.717, 1.165) is 11.1 Å². The summed E-state index contributed by atoms with van der Waals surface area (Å²) in [6.07, 6.45) is 1.39. The molecular formula is C27H25Cl2N5O3S. The van der Waals surface area contributed by atoms with Crippen LogP contribution in [0, 0.1) is 23.2 Å². The molecular weight excluding hydrogens is 545 g/mol. The average Bonchev–Trinajstić information content (AvgIpc) is 3.28. The minimum atomic E-state index is -3.09. The highest BCUT2D eigenvalue weighted by atomic mass is 35.5. The zero-order valence-corrected chi connectivity index (χ0v) is 23.0. The van der Waals surface area contributed by atoms with Crippen LogP contribution in [-0.4, -0.2) is 53.7 Å². The number of hydrogen-bond acceptors (Lipinski definition) is 6. The van der Waals surface area contributed by atoms with Crippen molar-refractivity contribution in [3.05, 3.63) is 69.3 Å². The van der Waals surface area contributed by atoms with E-state index in [2.05, 4.69) is 28.4 Å². The molecule has 2 aromatic carbocycles. The molecule has 0 atom stereocenters. The van der Waals surface area contributed by atoms with E-state index >= 15 is 0 Å². The molecule has 0 aliphatic carbocycles. The van der Waals surface area contributed by atoms with Crippen LogP contribution in [0.25, 0.3) is 16.9 Å². The molecule has 1 aromatic heterocycles. The third-order valence-corrected chi connectivity index (χ3v) is 8.19. The monoisotopic (exact) mass is 569 g/mol. The standard InChI is InChI=1S/C27H25Cl2N5O3S/c1-2-22-25(27(35)32-33-14-16-38(36,37)17-15-33)31-34(24-12-11-21(28)18-23(24)29)26(22)20-9-7-19(8-10-20)6-4-3-5-13-30/h7-12,18H,2-3,5,14-17H2,1H3,(H,32,35). The van der Waals surface area contributed by atoms with Crippen molar-refractivity contribution in [3.63, 3.8) is 0 Å². The zero-order valence-electron chi connectivity index (χ0n) is 20.7. The van der Waals surface area contributed by atoms with Gasteiger partial charge < -0.3 is 0 Å². The summed E-state index contributed by atoms with van der Waals surface area (Å²) in [6, 6.07) is 14.7. The Morgan fingerprint density at radius 2 is 1.82 bits per heavy atom. The van der Waals surface area contributed by atoms with Crippen molar-refractivity contribution in [3.8, 4) is 34.9 Å². The van der Waals surface area contributed by atoms with Crippen LogP contribution in [-0.2, 0) is 16.3 Å². The largest absolute Gasteiger partial charge is 0.286 e. The van der Waals surface area contributed by atoms with Crippen LogP contribution < -0.4 is 5.43 Å². The number of nitriles is 1. The second-order valence-electron chi connectivity index (χ2n) is 8.65. The summed E-state index contributed by atoms with van der Waals surface area (Å²) in [5, 5.41) is 15.8. The molecule has 0 spiro atoms. The number of rotatable bonds is 6. The maximum atomic E-state index is 13.4. The highest BCUT2D eigenvalue weighted by Crippen LogP contribution is 2.33. The lowest BCUT2D eigenvalue weighted by molar-refractivity contribution is 0.0795. The molecule has 1 N–H and O–H groups in total. The normalized spacial score (nSPS) is 14.8. The predicted octanol–water partition coefficient (Wildman–Crippen LogP) is 4.44. The molecule has 0 radical (unpaired) electrons. The maximum Gasteiger partial charge on any atom is 0.286 e. The minimum absolute atomic E-state index is 0.0141. The summed E-state index contributed by atoms with van der Waals surface area (Å²) in [6.45, 7) is 2.36. The Balaban J connectivity index is 1.75. The number of hydrogen-bond donors (Lipinski definition) is 1. The van der Waals surface area contributed by atoms with Crippen LogP contribution in [0.1, 0.15) is 41.4 Å². The first-order valence-electron chi connectivity index (χ1n) is 12.0. The van der Waals surface area contributed by atoms with Crippen molar-refractivity contribution in [1.82, 2.24) is 20.2 Å². The van der Waals surface area contributed by atoms with E-state index in [9.17, 15) is 13.2 Å². The molecule has 196 valence electrons. The molecule has 11 heteroatoms. The number of hydrazine groups is 1. The fraction of sp³-hybridized carbons (Fsp3) is 0.296. The minimum Gasteiger partial charge on any atom is -0.283 e. The summed E-state index contributed by atoms with van der Waals surface area (Å²) in [5.74, 6) is 5.58. The molecule has 1 saturated heterocycles. The second kappa shape index (κ2) is 12.0. The van der Waals surface area contributed by atoms with E-state index < -0.39 is 15.7 Å². The Morgan fingerprint density at radius 1 is 1.11 bits per heavy atom. The number of aromatic nitrogens is 2. The van der Waals surface area contributed by atoms with Gasteiger partial charge in [-0.15, -0.1) is 0 Å². The average molecular weight is 571 g/mol. The second-order valence-corrected chi connectivity index (χ2v) is 11.8. The summed E-state index contributed by atoms with van der Waals surface area (Å²) in [5.41, 5.74) is 6.63.